The molecular formula is C14H20FN3. The summed E-state index contributed by atoms with van der Waals surface area (Å²) in [5.41, 5.74) is 1.19. The zero-order valence-electron chi connectivity index (χ0n) is 11.0. The first-order valence-electron chi connectivity index (χ1n) is 6.17. The zero-order valence-corrected chi connectivity index (χ0v) is 11.0. The summed E-state index contributed by atoms with van der Waals surface area (Å²) in [5, 5.41) is 12.0. The Morgan fingerprint density at radius 3 is 2.72 bits per heavy atom. The van der Waals surface area contributed by atoms with Gasteiger partial charge in [-0.1, -0.05) is 0 Å². The quantitative estimate of drug-likeness (QED) is 0.752. The number of hydrogen-bond acceptors (Lipinski definition) is 3. The second-order valence-electron chi connectivity index (χ2n) is 4.65. The summed E-state index contributed by atoms with van der Waals surface area (Å²) in [6.45, 7) is 2.60. The van der Waals surface area contributed by atoms with Gasteiger partial charge in [-0.15, -0.1) is 0 Å². The van der Waals surface area contributed by atoms with E-state index in [2.05, 4.69) is 24.3 Å². The highest BCUT2D eigenvalue weighted by Gasteiger charge is 2.00. The molecule has 0 aliphatic carbocycles. The van der Waals surface area contributed by atoms with Crippen LogP contribution >= 0.6 is 0 Å². The highest BCUT2D eigenvalue weighted by Crippen LogP contribution is 2.08. The fraction of sp³-hybridized carbons (Fsp3) is 0.500. The van der Waals surface area contributed by atoms with Gasteiger partial charge in [0.15, 0.2) is 0 Å². The number of halogens is 1. The van der Waals surface area contributed by atoms with Crippen molar-refractivity contribution in [1.82, 2.24) is 10.2 Å². The van der Waals surface area contributed by atoms with E-state index in [-0.39, 0.29) is 5.82 Å². The number of hydrogen-bond donors (Lipinski definition) is 1. The van der Waals surface area contributed by atoms with Crippen molar-refractivity contribution in [3.05, 3.63) is 35.1 Å². The van der Waals surface area contributed by atoms with E-state index in [0.717, 1.165) is 31.5 Å². The smallest absolute Gasteiger partial charge is 0.124 e. The Morgan fingerprint density at radius 2 is 2.06 bits per heavy atom. The maximum absolute atomic E-state index is 13.1. The molecule has 0 aliphatic heterocycles. The predicted molar refractivity (Wildman–Crippen MR) is 70.6 cm³/mol. The van der Waals surface area contributed by atoms with Crippen LogP contribution in [0.1, 0.15) is 24.0 Å². The van der Waals surface area contributed by atoms with Crippen molar-refractivity contribution < 1.29 is 4.39 Å². The third kappa shape index (κ3) is 5.76. The second-order valence-corrected chi connectivity index (χ2v) is 4.65. The molecule has 18 heavy (non-hydrogen) atoms. The lowest BCUT2D eigenvalue weighted by molar-refractivity contribution is 0.391. The van der Waals surface area contributed by atoms with Gasteiger partial charge in [-0.3, -0.25) is 0 Å². The van der Waals surface area contributed by atoms with Crippen LogP contribution in [-0.4, -0.2) is 32.1 Å². The fourth-order valence-corrected chi connectivity index (χ4v) is 1.73. The third-order valence-corrected chi connectivity index (χ3v) is 2.62. The van der Waals surface area contributed by atoms with Crippen molar-refractivity contribution in [2.45, 2.75) is 19.4 Å². The van der Waals surface area contributed by atoms with E-state index in [1.807, 2.05) is 6.07 Å². The molecule has 0 fully saturated rings. The summed E-state index contributed by atoms with van der Waals surface area (Å²) >= 11 is 0. The highest BCUT2D eigenvalue weighted by molar-refractivity contribution is 5.33. The van der Waals surface area contributed by atoms with Crippen molar-refractivity contribution in [2.75, 3.05) is 27.2 Å². The summed E-state index contributed by atoms with van der Waals surface area (Å²) < 4.78 is 13.1. The van der Waals surface area contributed by atoms with Crippen molar-refractivity contribution in [1.29, 1.82) is 5.26 Å². The van der Waals surface area contributed by atoms with Crippen molar-refractivity contribution in [2.24, 2.45) is 0 Å². The minimum absolute atomic E-state index is 0.349. The van der Waals surface area contributed by atoms with E-state index >= 15 is 0 Å². The molecule has 1 aromatic carbocycles. The molecule has 1 rings (SSSR count). The van der Waals surface area contributed by atoms with Gasteiger partial charge in [-0.2, -0.15) is 5.26 Å². The van der Waals surface area contributed by atoms with Crippen LogP contribution in [0.3, 0.4) is 0 Å². The minimum Gasteiger partial charge on any atom is -0.313 e. The summed E-state index contributed by atoms with van der Waals surface area (Å²) in [5.74, 6) is -0.349. The molecule has 0 bridgehead atoms. The van der Waals surface area contributed by atoms with E-state index in [9.17, 15) is 4.39 Å². The molecule has 1 aromatic rings. The van der Waals surface area contributed by atoms with Crippen molar-refractivity contribution in [3.63, 3.8) is 0 Å². The second kappa shape index (κ2) is 7.80. The lowest BCUT2D eigenvalue weighted by atomic mass is 10.1. The molecule has 0 heterocycles. The Balaban J connectivity index is 2.27. The molecule has 0 spiro atoms. The molecule has 3 nitrogen and oxygen atoms in total. The van der Waals surface area contributed by atoms with Crippen molar-refractivity contribution in [3.8, 4) is 6.07 Å². The first kappa shape index (κ1) is 14.6. The SMILES string of the molecule is CN(C)CCCCNCc1cc(F)cc(C#N)c1. The molecule has 0 aromatic heterocycles. The van der Waals surface area contributed by atoms with Gasteiger partial charge in [0.1, 0.15) is 5.82 Å². The largest absolute Gasteiger partial charge is 0.313 e. The Kier molecular flexibility index (Phi) is 6.34. The molecule has 0 aliphatic rings. The third-order valence-electron chi connectivity index (χ3n) is 2.62. The Hall–Kier alpha value is -1.44. The topological polar surface area (TPSA) is 39.1 Å². The molecule has 1 N–H and O–H groups in total. The average Bonchev–Trinajstić information content (AvgIpc) is 2.32. The summed E-state index contributed by atoms with van der Waals surface area (Å²) in [7, 11) is 4.12. The van der Waals surface area contributed by atoms with Gasteiger partial charge in [-0.25, -0.2) is 4.39 Å². The maximum Gasteiger partial charge on any atom is 0.124 e. The van der Waals surface area contributed by atoms with Gasteiger partial charge in [0.05, 0.1) is 11.6 Å². The van der Waals surface area contributed by atoms with Crippen LogP contribution in [-0.2, 0) is 6.54 Å². The van der Waals surface area contributed by atoms with Crippen LogP contribution in [0.25, 0.3) is 0 Å². The molecule has 0 radical (unpaired) electrons. The first-order valence-corrected chi connectivity index (χ1v) is 6.17. The molecular weight excluding hydrogens is 229 g/mol. The van der Waals surface area contributed by atoms with Crippen LogP contribution < -0.4 is 5.32 Å². The summed E-state index contributed by atoms with van der Waals surface area (Å²) in [6, 6.07) is 6.39. The molecule has 0 atom stereocenters. The van der Waals surface area contributed by atoms with E-state index in [1.54, 1.807) is 6.07 Å². The predicted octanol–water partition coefficient (Wildman–Crippen LogP) is 2.13. The minimum atomic E-state index is -0.349. The van der Waals surface area contributed by atoms with Crippen LogP contribution in [0.2, 0.25) is 0 Å². The van der Waals surface area contributed by atoms with Crippen LogP contribution in [0.5, 0.6) is 0 Å². The number of rotatable bonds is 7. The van der Waals surface area contributed by atoms with E-state index in [0.29, 0.717) is 12.1 Å². The number of benzene rings is 1. The van der Waals surface area contributed by atoms with Gasteiger partial charge in [0.2, 0.25) is 0 Å². The molecule has 0 unspecified atom stereocenters. The monoisotopic (exact) mass is 249 g/mol. The Bertz CT molecular complexity index is 410. The lowest BCUT2D eigenvalue weighted by Crippen LogP contribution is -2.18. The molecule has 0 saturated heterocycles. The van der Waals surface area contributed by atoms with Gasteiger partial charge >= 0.3 is 0 Å². The van der Waals surface area contributed by atoms with E-state index in [1.165, 1.54) is 12.1 Å². The molecule has 0 amide bonds. The molecule has 4 heteroatoms. The van der Waals surface area contributed by atoms with Gasteiger partial charge in [-0.05, 0) is 63.8 Å². The summed E-state index contributed by atoms with van der Waals surface area (Å²) in [6.07, 6.45) is 2.24. The highest BCUT2D eigenvalue weighted by atomic mass is 19.1. The normalized spacial score (nSPS) is 10.6. The standard InChI is InChI=1S/C14H20FN3/c1-18(2)6-4-3-5-17-11-13-7-12(10-16)8-14(15)9-13/h7-9,17H,3-6,11H2,1-2H3. The van der Waals surface area contributed by atoms with Gasteiger partial charge in [0, 0.05) is 6.54 Å². The fourth-order valence-electron chi connectivity index (χ4n) is 1.73. The number of nitrogens with zero attached hydrogens (tertiary/aromatic N) is 2. The Labute approximate surface area is 108 Å². The van der Waals surface area contributed by atoms with Gasteiger partial charge < -0.3 is 10.2 Å². The number of nitrogens with one attached hydrogen (secondary N) is 1. The molecule has 98 valence electrons. The van der Waals surface area contributed by atoms with Crippen LogP contribution in [0, 0.1) is 17.1 Å². The molecule has 0 saturated carbocycles. The van der Waals surface area contributed by atoms with Crippen LogP contribution in [0.4, 0.5) is 4.39 Å². The lowest BCUT2D eigenvalue weighted by Gasteiger charge is -2.09. The number of nitriles is 1. The van der Waals surface area contributed by atoms with Gasteiger partial charge in [0.25, 0.3) is 0 Å². The van der Waals surface area contributed by atoms with E-state index < -0.39 is 0 Å². The Morgan fingerprint density at radius 1 is 1.28 bits per heavy atom. The van der Waals surface area contributed by atoms with Crippen molar-refractivity contribution >= 4 is 0 Å². The van der Waals surface area contributed by atoms with E-state index in [4.69, 9.17) is 5.26 Å². The number of unbranched alkanes of at least 4 members (excludes halogenated alkanes) is 1. The maximum atomic E-state index is 13.1. The van der Waals surface area contributed by atoms with Crippen LogP contribution in [0.15, 0.2) is 18.2 Å². The first-order chi connectivity index (χ1) is 8.61. The zero-order chi connectivity index (χ0) is 13.4. The average molecular weight is 249 g/mol. The summed E-state index contributed by atoms with van der Waals surface area (Å²) in [4.78, 5) is 2.16.